The van der Waals surface area contributed by atoms with Crippen LogP contribution in [0.3, 0.4) is 0 Å². The van der Waals surface area contributed by atoms with Gasteiger partial charge in [0.2, 0.25) is 0 Å². The van der Waals surface area contributed by atoms with Crippen LogP contribution in [0.1, 0.15) is 31.9 Å². The molecular formula is C24H26IrNO3-. The number of carbonyl (C=O) groups excluding carboxylic acids is 1. The second-order valence-electron chi connectivity index (χ2n) is 6.58. The number of hydrogen-bond donors (Lipinski definition) is 1. The van der Waals surface area contributed by atoms with E-state index in [0.717, 1.165) is 34.3 Å². The van der Waals surface area contributed by atoms with Crippen LogP contribution in [-0.2, 0) is 31.3 Å². The van der Waals surface area contributed by atoms with Crippen molar-refractivity contribution in [3.05, 3.63) is 71.5 Å². The quantitative estimate of drug-likeness (QED) is 0.252. The summed E-state index contributed by atoms with van der Waals surface area (Å²) in [6.07, 6.45) is 2.12. The van der Waals surface area contributed by atoms with Gasteiger partial charge in [-0.2, -0.15) is 0 Å². The number of carbonyl (C=O) groups is 1. The predicted octanol–water partition coefficient (Wildman–Crippen LogP) is 5.62. The van der Waals surface area contributed by atoms with Crippen LogP contribution in [0, 0.1) is 13.0 Å². The molecule has 2 aromatic carbocycles. The molecule has 4 nitrogen and oxygen atoms in total. The van der Waals surface area contributed by atoms with E-state index in [0.29, 0.717) is 0 Å². The van der Waals surface area contributed by atoms with Crippen LogP contribution in [0.25, 0.3) is 22.2 Å². The van der Waals surface area contributed by atoms with Gasteiger partial charge in [-0.3, -0.25) is 9.78 Å². The summed E-state index contributed by atoms with van der Waals surface area (Å²) in [6, 6.07) is 17.7. The first-order valence-electron chi connectivity index (χ1n) is 9.18. The number of hydrogen-bond acceptors (Lipinski definition) is 4. The van der Waals surface area contributed by atoms with E-state index in [-0.39, 0.29) is 31.6 Å². The number of aliphatic hydroxyl groups is 1. The summed E-state index contributed by atoms with van der Waals surface area (Å²) in [6.45, 7) is 7.10. The number of fused-ring (bicyclic) bond motifs is 1. The molecule has 0 fully saturated rings. The average molecular weight is 569 g/mol. The molecule has 0 aliphatic carbocycles. The zero-order valence-corrected chi connectivity index (χ0v) is 19.8. The van der Waals surface area contributed by atoms with Gasteiger partial charge in [-0.25, -0.2) is 0 Å². The fourth-order valence-electron chi connectivity index (χ4n) is 2.83. The van der Waals surface area contributed by atoms with Crippen molar-refractivity contribution in [1.29, 1.82) is 0 Å². The van der Waals surface area contributed by atoms with Crippen LogP contribution in [0.15, 0.2) is 54.3 Å². The molecule has 0 spiro atoms. The van der Waals surface area contributed by atoms with E-state index < -0.39 is 0 Å². The minimum absolute atomic E-state index is 0. The van der Waals surface area contributed by atoms with Crippen molar-refractivity contribution in [2.75, 3.05) is 7.11 Å². The molecule has 1 aromatic heterocycles. The first-order chi connectivity index (χ1) is 13.3. The minimum atomic E-state index is -0.125. The molecule has 0 saturated carbocycles. The Balaban J connectivity index is 0.000000456. The molecule has 29 heavy (non-hydrogen) atoms. The van der Waals surface area contributed by atoms with Gasteiger partial charge in [0.05, 0.1) is 18.4 Å². The van der Waals surface area contributed by atoms with Crippen molar-refractivity contribution < 1.29 is 34.7 Å². The van der Waals surface area contributed by atoms with E-state index in [9.17, 15) is 4.79 Å². The van der Waals surface area contributed by atoms with E-state index in [4.69, 9.17) is 14.8 Å². The van der Waals surface area contributed by atoms with E-state index in [1.54, 1.807) is 7.11 Å². The number of methoxy groups -OCH3 is 1. The maximum Gasteiger partial charge on any atom is 0.155 e. The maximum absolute atomic E-state index is 10.0. The Morgan fingerprint density at radius 3 is 2.45 bits per heavy atom. The molecule has 5 heteroatoms. The Labute approximate surface area is 186 Å². The molecule has 0 aliphatic rings. The number of aryl methyl sites for hydroxylation is 2. The Morgan fingerprint density at radius 2 is 1.93 bits per heavy atom. The third-order valence-electron chi connectivity index (χ3n) is 4.11. The second kappa shape index (κ2) is 11.5. The number of aliphatic hydroxyl groups excluding tert-OH is 1. The number of pyridine rings is 1. The van der Waals surface area contributed by atoms with Gasteiger partial charge in [-0.15, -0.1) is 35.4 Å². The van der Waals surface area contributed by atoms with Crippen molar-refractivity contribution >= 4 is 16.7 Å². The maximum atomic E-state index is 10.0. The van der Waals surface area contributed by atoms with Crippen LogP contribution >= 0.6 is 0 Å². The molecule has 0 amide bonds. The van der Waals surface area contributed by atoms with Gasteiger partial charge >= 0.3 is 0 Å². The predicted molar refractivity (Wildman–Crippen MR) is 114 cm³/mol. The molecule has 0 saturated heterocycles. The zero-order chi connectivity index (χ0) is 20.7. The van der Waals surface area contributed by atoms with Crippen LogP contribution in [0.5, 0.6) is 5.75 Å². The molecule has 1 heterocycles. The van der Waals surface area contributed by atoms with Gasteiger partial charge in [0.15, 0.2) is 5.78 Å². The summed E-state index contributed by atoms with van der Waals surface area (Å²) >= 11 is 0. The standard InChI is InChI=1S/C19H18NO.C5H8O2.Ir/c1-4-14-11-15-8-9-17(21-3)12-18(15)20-19(14)16-7-5-6-13(2)10-16;1-4(6)3-5(2)7;/h5-6,8-12H,4H2,1-3H3;3,6H,1-2H3;/q-1;;/b;4-3-;. The van der Waals surface area contributed by atoms with Gasteiger partial charge in [0.1, 0.15) is 5.75 Å². The number of ketones is 1. The van der Waals surface area contributed by atoms with Crippen molar-refractivity contribution in [3.8, 4) is 17.0 Å². The van der Waals surface area contributed by atoms with E-state index >= 15 is 0 Å². The van der Waals surface area contributed by atoms with Crippen molar-refractivity contribution in [3.63, 3.8) is 0 Å². The molecule has 3 rings (SSSR count). The number of rotatable bonds is 4. The largest absolute Gasteiger partial charge is 0.512 e. The summed E-state index contributed by atoms with van der Waals surface area (Å²) in [7, 11) is 1.68. The Morgan fingerprint density at radius 1 is 1.21 bits per heavy atom. The molecule has 0 unspecified atom stereocenters. The second-order valence-corrected chi connectivity index (χ2v) is 6.58. The number of aromatic nitrogens is 1. The summed E-state index contributed by atoms with van der Waals surface area (Å²) < 4.78 is 5.30. The van der Waals surface area contributed by atoms with Crippen molar-refractivity contribution in [2.45, 2.75) is 34.1 Å². The summed E-state index contributed by atoms with van der Waals surface area (Å²) in [5.41, 5.74) is 5.49. The molecule has 1 N–H and O–H groups in total. The Bertz CT molecular complexity index is 1010. The first-order valence-corrected chi connectivity index (χ1v) is 9.18. The SMILES string of the molecule is CC(=O)/C=C(/C)O.CCc1cc2ccc(OC)cc2nc1-c1[c-]ccc(C)c1.[Ir]. The van der Waals surface area contributed by atoms with E-state index in [1.165, 1.54) is 31.1 Å². The monoisotopic (exact) mass is 569 g/mol. The van der Waals surface area contributed by atoms with E-state index in [1.807, 2.05) is 18.2 Å². The Hall–Kier alpha value is -2.49. The van der Waals surface area contributed by atoms with Crippen LogP contribution in [0.4, 0.5) is 0 Å². The minimum Gasteiger partial charge on any atom is -0.512 e. The molecule has 0 bridgehead atoms. The van der Waals surface area contributed by atoms with Crippen molar-refractivity contribution in [1.82, 2.24) is 4.98 Å². The number of nitrogens with zero attached hydrogens (tertiary/aromatic N) is 1. The fourth-order valence-corrected chi connectivity index (χ4v) is 2.83. The van der Waals surface area contributed by atoms with Gasteiger partial charge in [-0.1, -0.05) is 25.5 Å². The topological polar surface area (TPSA) is 59.4 Å². The third-order valence-corrected chi connectivity index (χ3v) is 4.11. The third kappa shape index (κ3) is 7.12. The molecule has 3 aromatic rings. The van der Waals surface area contributed by atoms with Crippen LogP contribution < -0.4 is 4.74 Å². The average Bonchev–Trinajstić information content (AvgIpc) is 2.65. The summed E-state index contributed by atoms with van der Waals surface area (Å²) in [5.74, 6) is 0.769. The van der Waals surface area contributed by atoms with Gasteiger partial charge < -0.3 is 9.84 Å². The van der Waals surface area contributed by atoms with Crippen molar-refractivity contribution in [2.24, 2.45) is 0 Å². The number of ether oxygens (including phenoxy) is 1. The number of allylic oxidation sites excluding steroid dienone is 2. The smallest absolute Gasteiger partial charge is 0.155 e. The van der Waals surface area contributed by atoms with Gasteiger partial charge in [-0.05, 0) is 43.5 Å². The molecule has 0 aliphatic heterocycles. The molecule has 0 atom stereocenters. The molecular weight excluding hydrogens is 542 g/mol. The summed E-state index contributed by atoms with van der Waals surface area (Å²) in [5, 5.41) is 9.51. The normalized spacial score (nSPS) is 10.6. The van der Waals surface area contributed by atoms with Gasteiger partial charge in [0, 0.05) is 32.2 Å². The van der Waals surface area contributed by atoms with Gasteiger partial charge in [0.25, 0.3) is 0 Å². The summed E-state index contributed by atoms with van der Waals surface area (Å²) in [4.78, 5) is 14.9. The zero-order valence-electron chi connectivity index (χ0n) is 17.4. The fraction of sp³-hybridized carbons (Fsp3) is 0.250. The molecule has 155 valence electrons. The first kappa shape index (κ1) is 24.5. The Kier molecular flexibility index (Phi) is 9.73. The van der Waals surface area contributed by atoms with Crippen LogP contribution in [0.2, 0.25) is 0 Å². The number of benzene rings is 2. The van der Waals surface area contributed by atoms with Crippen LogP contribution in [-0.4, -0.2) is 23.0 Å². The molecule has 1 radical (unpaired) electrons. The van der Waals surface area contributed by atoms with E-state index in [2.05, 4.69) is 44.2 Å².